The van der Waals surface area contributed by atoms with Crippen LogP contribution in [0.3, 0.4) is 0 Å². The summed E-state index contributed by atoms with van der Waals surface area (Å²) in [5.74, 6) is 0.0127. The van der Waals surface area contributed by atoms with Gasteiger partial charge in [-0.1, -0.05) is 42.5 Å². The van der Waals surface area contributed by atoms with Gasteiger partial charge in [0, 0.05) is 24.9 Å². The van der Waals surface area contributed by atoms with Gasteiger partial charge in [-0.3, -0.25) is 14.9 Å². The molecule has 0 radical (unpaired) electrons. The van der Waals surface area contributed by atoms with Crippen LogP contribution < -0.4 is 20.7 Å². The summed E-state index contributed by atoms with van der Waals surface area (Å²) in [6.45, 7) is 0.748. The molecule has 176 valence electrons. The maximum Gasteiger partial charge on any atom is 0.261 e. The number of carbonyl (C=O) groups is 2. The smallest absolute Gasteiger partial charge is 0.261 e. The van der Waals surface area contributed by atoms with Gasteiger partial charge in [0.1, 0.15) is 12.4 Å². The van der Waals surface area contributed by atoms with E-state index in [2.05, 4.69) is 16.0 Å². The van der Waals surface area contributed by atoms with Crippen LogP contribution >= 0.6 is 12.2 Å². The highest BCUT2D eigenvalue weighted by Gasteiger charge is 2.13. The largest absolute Gasteiger partial charge is 0.490 e. The Hall–Kier alpha value is -3.75. The Balaban J connectivity index is 1.48. The lowest BCUT2D eigenvalue weighted by atomic mass is 10.1. The lowest BCUT2D eigenvalue weighted by Crippen LogP contribution is -2.34. The van der Waals surface area contributed by atoms with E-state index in [1.807, 2.05) is 30.3 Å². The van der Waals surface area contributed by atoms with Crippen LogP contribution in [0.15, 0.2) is 78.9 Å². The van der Waals surface area contributed by atoms with Gasteiger partial charge in [-0.15, -0.1) is 0 Å². The van der Waals surface area contributed by atoms with E-state index >= 15 is 0 Å². The molecule has 0 fully saturated rings. The van der Waals surface area contributed by atoms with Crippen molar-refractivity contribution in [2.45, 2.75) is 12.8 Å². The lowest BCUT2D eigenvalue weighted by Gasteiger charge is -2.13. The molecule has 3 aromatic rings. The quantitative estimate of drug-likeness (QED) is 0.296. The summed E-state index contributed by atoms with van der Waals surface area (Å²) < 4.78 is 10.6. The molecule has 0 aliphatic rings. The fraction of sp³-hybridized carbons (Fsp3) is 0.192. The number of methoxy groups -OCH3 is 1. The summed E-state index contributed by atoms with van der Waals surface area (Å²) in [5.41, 5.74) is 2.85. The van der Waals surface area contributed by atoms with Gasteiger partial charge in [0.25, 0.3) is 5.91 Å². The van der Waals surface area contributed by atoms with Gasteiger partial charge < -0.3 is 20.1 Å². The molecule has 34 heavy (non-hydrogen) atoms. The topological polar surface area (TPSA) is 88.7 Å². The van der Waals surface area contributed by atoms with E-state index in [1.165, 1.54) is 0 Å². The average Bonchev–Trinajstić information content (AvgIpc) is 2.85. The molecule has 0 spiro atoms. The first-order valence-electron chi connectivity index (χ1n) is 10.8. The maximum atomic E-state index is 12.6. The summed E-state index contributed by atoms with van der Waals surface area (Å²) in [4.78, 5) is 24.8. The molecular formula is C26H27N3O4S. The number of aryl methyl sites for hydroxylation is 1. The van der Waals surface area contributed by atoms with Crippen molar-refractivity contribution in [2.75, 3.05) is 31.0 Å². The predicted molar refractivity (Wildman–Crippen MR) is 137 cm³/mol. The van der Waals surface area contributed by atoms with E-state index in [1.54, 1.807) is 55.6 Å². The molecule has 0 saturated heterocycles. The van der Waals surface area contributed by atoms with Crippen LogP contribution in [0.2, 0.25) is 0 Å². The normalized spacial score (nSPS) is 10.3. The number of hydrogen-bond acceptors (Lipinski definition) is 5. The van der Waals surface area contributed by atoms with Gasteiger partial charge in [0.15, 0.2) is 5.11 Å². The van der Waals surface area contributed by atoms with Crippen LogP contribution in [0.4, 0.5) is 11.4 Å². The Morgan fingerprint density at radius 1 is 0.824 bits per heavy atom. The molecule has 0 aliphatic heterocycles. The molecule has 0 heterocycles. The number of ether oxygens (including phenoxy) is 2. The van der Waals surface area contributed by atoms with Crippen LogP contribution in [0.5, 0.6) is 5.75 Å². The molecule has 3 N–H and O–H groups in total. The van der Waals surface area contributed by atoms with Crippen LogP contribution in [-0.2, 0) is 16.0 Å². The standard InChI is InChI=1S/C26H27N3O4S/c1-32-17-18-33-23-10-6-5-9-22(23)25(31)29-26(34)28-21-14-12-20(13-15-21)27-24(30)16-11-19-7-3-2-4-8-19/h2-10,12-15H,11,16-18H2,1H3,(H,27,30)(H2,28,29,31,34). The Morgan fingerprint density at radius 2 is 1.47 bits per heavy atom. The molecule has 0 saturated carbocycles. The van der Waals surface area contributed by atoms with Gasteiger partial charge in [0.05, 0.1) is 12.2 Å². The van der Waals surface area contributed by atoms with Crippen molar-refractivity contribution in [3.05, 3.63) is 90.0 Å². The Bertz CT molecular complexity index is 1100. The minimum absolute atomic E-state index is 0.0567. The molecule has 3 rings (SSSR count). The van der Waals surface area contributed by atoms with Gasteiger partial charge in [0.2, 0.25) is 5.91 Å². The van der Waals surface area contributed by atoms with Crippen molar-refractivity contribution in [1.29, 1.82) is 0 Å². The monoisotopic (exact) mass is 477 g/mol. The third-order valence-electron chi connectivity index (χ3n) is 4.81. The van der Waals surface area contributed by atoms with E-state index in [4.69, 9.17) is 21.7 Å². The number of hydrogen-bond donors (Lipinski definition) is 3. The molecule has 0 unspecified atom stereocenters. The highest BCUT2D eigenvalue weighted by molar-refractivity contribution is 7.80. The van der Waals surface area contributed by atoms with E-state index in [-0.39, 0.29) is 16.9 Å². The van der Waals surface area contributed by atoms with Crippen LogP contribution in [0, 0.1) is 0 Å². The van der Waals surface area contributed by atoms with Gasteiger partial charge >= 0.3 is 0 Å². The van der Waals surface area contributed by atoms with Crippen molar-refractivity contribution in [3.8, 4) is 5.75 Å². The molecule has 7 nitrogen and oxygen atoms in total. The predicted octanol–water partition coefficient (Wildman–Crippen LogP) is 4.41. The third kappa shape index (κ3) is 7.99. The first-order valence-corrected chi connectivity index (χ1v) is 11.2. The minimum atomic E-state index is -0.382. The summed E-state index contributed by atoms with van der Waals surface area (Å²) in [6.07, 6.45) is 1.08. The first-order chi connectivity index (χ1) is 16.5. The highest BCUT2D eigenvalue weighted by Crippen LogP contribution is 2.18. The second-order valence-corrected chi connectivity index (χ2v) is 7.77. The molecule has 3 aromatic carbocycles. The number of carbonyl (C=O) groups excluding carboxylic acids is 2. The minimum Gasteiger partial charge on any atom is -0.490 e. The first kappa shape index (κ1) is 24.9. The van der Waals surface area contributed by atoms with Gasteiger partial charge in [-0.2, -0.15) is 0 Å². The SMILES string of the molecule is COCCOc1ccccc1C(=O)NC(=S)Nc1ccc(NC(=O)CCc2ccccc2)cc1. The number of thiocarbonyl (C=S) groups is 1. The Labute approximate surface area is 204 Å². The molecule has 2 amide bonds. The number of amides is 2. The van der Waals surface area contributed by atoms with Crippen molar-refractivity contribution in [1.82, 2.24) is 5.32 Å². The summed E-state index contributed by atoms with van der Waals surface area (Å²) in [7, 11) is 1.58. The molecule has 8 heteroatoms. The average molecular weight is 478 g/mol. The van der Waals surface area contributed by atoms with E-state index in [0.29, 0.717) is 48.7 Å². The van der Waals surface area contributed by atoms with Crippen molar-refractivity contribution < 1.29 is 19.1 Å². The maximum absolute atomic E-state index is 12.6. The molecular weight excluding hydrogens is 450 g/mol. The third-order valence-corrected chi connectivity index (χ3v) is 5.02. The van der Waals surface area contributed by atoms with Crippen molar-refractivity contribution in [2.24, 2.45) is 0 Å². The number of anilines is 2. The number of rotatable bonds is 10. The fourth-order valence-electron chi connectivity index (χ4n) is 3.11. The Kier molecular flexibility index (Phi) is 9.57. The Morgan fingerprint density at radius 3 is 2.18 bits per heavy atom. The van der Waals surface area contributed by atoms with Gasteiger partial charge in [-0.05, 0) is 60.6 Å². The van der Waals surface area contributed by atoms with Crippen LogP contribution in [0.25, 0.3) is 0 Å². The summed E-state index contributed by atoms with van der Waals surface area (Å²) in [5, 5.41) is 8.65. The zero-order valence-electron chi connectivity index (χ0n) is 18.9. The number of para-hydroxylation sites is 1. The molecule has 0 atom stereocenters. The van der Waals surface area contributed by atoms with E-state index in [9.17, 15) is 9.59 Å². The summed E-state index contributed by atoms with van der Waals surface area (Å²) in [6, 6.07) is 23.9. The molecule has 0 aliphatic carbocycles. The zero-order chi connectivity index (χ0) is 24.2. The second-order valence-electron chi connectivity index (χ2n) is 7.36. The number of nitrogens with one attached hydrogen (secondary N) is 3. The van der Waals surface area contributed by atoms with Gasteiger partial charge in [-0.25, -0.2) is 0 Å². The lowest BCUT2D eigenvalue weighted by molar-refractivity contribution is -0.116. The van der Waals surface area contributed by atoms with E-state index < -0.39 is 0 Å². The fourth-order valence-corrected chi connectivity index (χ4v) is 3.32. The zero-order valence-corrected chi connectivity index (χ0v) is 19.7. The highest BCUT2D eigenvalue weighted by atomic mass is 32.1. The van der Waals surface area contributed by atoms with E-state index in [0.717, 1.165) is 5.56 Å². The second kappa shape index (κ2) is 13.1. The molecule has 0 aromatic heterocycles. The van der Waals surface area contributed by atoms with Crippen molar-refractivity contribution >= 4 is 40.5 Å². The number of benzene rings is 3. The summed E-state index contributed by atoms with van der Waals surface area (Å²) >= 11 is 5.27. The van der Waals surface area contributed by atoms with Crippen LogP contribution in [-0.4, -0.2) is 37.3 Å². The molecule has 0 bridgehead atoms. The van der Waals surface area contributed by atoms with Crippen molar-refractivity contribution in [3.63, 3.8) is 0 Å². The van der Waals surface area contributed by atoms with Crippen LogP contribution in [0.1, 0.15) is 22.3 Å².